The lowest BCUT2D eigenvalue weighted by Gasteiger charge is -2.15. The van der Waals surface area contributed by atoms with Crippen molar-refractivity contribution in [1.29, 1.82) is 0 Å². The normalized spacial score (nSPS) is 17.0. The first-order valence-electron chi connectivity index (χ1n) is 7.80. The molecule has 0 unspecified atom stereocenters. The number of anilines is 2. The van der Waals surface area contributed by atoms with E-state index in [1.165, 1.54) is 16.9 Å². The van der Waals surface area contributed by atoms with Crippen LogP contribution in [0, 0.1) is 12.8 Å². The summed E-state index contributed by atoms with van der Waals surface area (Å²) in [5, 5.41) is 5.99. The lowest BCUT2D eigenvalue weighted by molar-refractivity contribution is -0.150. The van der Waals surface area contributed by atoms with Crippen LogP contribution >= 0.6 is 11.3 Å². The van der Waals surface area contributed by atoms with Gasteiger partial charge >= 0.3 is 5.97 Å². The maximum atomic E-state index is 12.0. The highest BCUT2D eigenvalue weighted by Gasteiger charge is 2.20. The number of nitrogens with one attached hydrogen (secondary N) is 1. The molecule has 0 saturated heterocycles. The molecule has 1 aromatic carbocycles. The quantitative estimate of drug-likeness (QED) is 0.644. The molecule has 1 N–H and O–H groups in total. The third-order valence-electron chi connectivity index (χ3n) is 3.82. The molecule has 1 aliphatic carbocycles. The molecular formula is C18H20N2O2S. The number of esters is 1. The van der Waals surface area contributed by atoms with E-state index in [-0.39, 0.29) is 18.5 Å². The molecule has 0 spiro atoms. The maximum Gasteiger partial charge on any atom is 0.309 e. The third-order valence-corrected chi connectivity index (χ3v) is 4.63. The van der Waals surface area contributed by atoms with Crippen LogP contribution in [0.2, 0.25) is 0 Å². The molecule has 0 fully saturated rings. The first-order chi connectivity index (χ1) is 11.2. The number of thiazole rings is 1. The number of aryl methyl sites for hydroxylation is 1. The second-order valence-electron chi connectivity index (χ2n) is 5.72. The van der Waals surface area contributed by atoms with Crippen molar-refractivity contribution in [3.63, 3.8) is 0 Å². The van der Waals surface area contributed by atoms with Gasteiger partial charge in [-0.3, -0.25) is 4.79 Å². The third kappa shape index (κ3) is 4.42. The summed E-state index contributed by atoms with van der Waals surface area (Å²) in [6.07, 6.45) is 6.80. The minimum atomic E-state index is -0.115. The van der Waals surface area contributed by atoms with Gasteiger partial charge in [0.2, 0.25) is 0 Å². The number of allylic oxidation sites excluding steroid dienone is 2. The van der Waals surface area contributed by atoms with Crippen molar-refractivity contribution in [2.75, 3.05) is 5.32 Å². The second-order valence-corrected chi connectivity index (χ2v) is 6.58. The molecule has 0 radical (unpaired) electrons. The van der Waals surface area contributed by atoms with Crippen LogP contribution in [-0.2, 0) is 16.1 Å². The smallest absolute Gasteiger partial charge is 0.309 e. The lowest BCUT2D eigenvalue weighted by Crippen LogP contribution is -2.18. The molecule has 0 amide bonds. The average molecular weight is 328 g/mol. The average Bonchev–Trinajstić information content (AvgIpc) is 3.03. The second kappa shape index (κ2) is 7.42. The number of benzene rings is 1. The number of rotatable bonds is 5. The van der Waals surface area contributed by atoms with Crippen LogP contribution in [0.15, 0.2) is 41.8 Å². The molecule has 1 heterocycles. The first kappa shape index (κ1) is 15.7. The predicted molar refractivity (Wildman–Crippen MR) is 92.9 cm³/mol. The summed E-state index contributed by atoms with van der Waals surface area (Å²) < 4.78 is 5.39. The van der Waals surface area contributed by atoms with Gasteiger partial charge in [0, 0.05) is 11.1 Å². The van der Waals surface area contributed by atoms with E-state index in [1.807, 2.05) is 17.5 Å². The number of ether oxygens (including phenoxy) is 1. The molecule has 23 heavy (non-hydrogen) atoms. The van der Waals surface area contributed by atoms with E-state index < -0.39 is 0 Å². The fourth-order valence-corrected chi connectivity index (χ4v) is 3.18. The standard InChI is InChI=1S/C18H20N2O2S/c1-13-7-9-15(10-8-13)19-18-20-16(12-23-18)11-22-17(21)14-5-3-2-4-6-14/h2-3,7-10,12,14H,4-6,11H2,1H3,(H,19,20)/t14-/m1/s1. The summed E-state index contributed by atoms with van der Waals surface area (Å²) in [5.41, 5.74) is 3.01. The van der Waals surface area contributed by atoms with Gasteiger partial charge in [-0.2, -0.15) is 0 Å². The van der Waals surface area contributed by atoms with Crippen molar-refractivity contribution in [2.24, 2.45) is 5.92 Å². The molecule has 3 rings (SSSR count). The Kier molecular flexibility index (Phi) is 5.08. The van der Waals surface area contributed by atoms with E-state index in [9.17, 15) is 4.79 Å². The van der Waals surface area contributed by atoms with Gasteiger partial charge < -0.3 is 10.1 Å². The monoisotopic (exact) mass is 328 g/mol. The highest BCUT2D eigenvalue weighted by atomic mass is 32.1. The number of aromatic nitrogens is 1. The van der Waals surface area contributed by atoms with Gasteiger partial charge in [-0.25, -0.2) is 4.98 Å². The molecule has 1 aliphatic rings. The van der Waals surface area contributed by atoms with Crippen LogP contribution in [0.1, 0.15) is 30.5 Å². The Morgan fingerprint density at radius 3 is 2.91 bits per heavy atom. The van der Waals surface area contributed by atoms with Gasteiger partial charge in [0.05, 0.1) is 11.6 Å². The van der Waals surface area contributed by atoms with Crippen molar-refractivity contribution in [1.82, 2.24) is 4.98 Å². The molecule has 0 bridgehead atoms. The summed E-state index contributed by atoms with van der Waals surface area (Å²) in [4.78, 5) is 16.5. The van der Waals surface area contributed by atoms with E-state index in [0.717, 1.165) is 35.8 Å². The van der Waals surface area contributed by atoms with Crippen molar-refractivity contribution in [2.45, 2.75) is 32.8 Å². The Hall–Kier alpha value is -2.14. The van der Waals surface area contributed by atoms with Crippen LogP contribution < -0.4 is 5.32 Å². The highest BCUT2D eigenvalue weighted by Crippen LogP contribution is 2.23. The summed E-state index contributed by atoms with van der Waals surface area (Å²) in [6, 6.07) is 8.15. The number of hydrogen-bond acceptors (Lipinski definition) is 5. The van der Waals surface area contributed by atoms with Gasteiger partial charge in [0.1, 0.15) is 6.61 Å². The minimum Gasteiger partial charge on any atom is -0.459 e. The van der Waals surface area contributed by atoms with Gasteiger partial charge in [-0.1, -0.05) is 29.8 Å². The van der Waals surface area contributed by atoms with E-state index >= 15 is 0 Å². The van der Waals surface area contributed by atoms with E-state index in [2.05, 4.69) is 41.5 Å². The topological polar surface area (TPSA) is 51.2 Å². The SMILES string of the molecule is Cc1ccc(Nc2nc(COC(=O)[C@@H]3CC=CCC3)cs2)cc1. The van der Waals surface area contributed by atoms with Crippen LogP contribution in [0.3, 0.4) is 0 Å². The van der Waals surface area contributed by atoms with Crippen LogP contribution in [0.25, 0.3) is 0 Å². The Balaban J connectivity index is 1.51. The summed E-state index contributed by atoms with van der Waals surface area (Å²) in [5.74, 6) is -0.112. The lowest BCUT2D eigenvalue weighted by atomic mass is 9.95. The number of carbonyl (C=O) groups is 1. The van der Waals surface area contributed by atoms with Gasteiger partial charge in [0.25, 0.3) is 0 Å². The van der Waals surface area contributed by atoms with Crippen molar-refractivity contribution in [3.8, 4) is 0 Å². The number of nitrogens with zero attached hydrogens (tertiary/aromatic N) is 1. The largest absolute Gasteiger partial charge is 0.459 e. The highest BCUT2D eigenvalue weighted by molar-refractivity contribution is 7.13. The fourth-order valence-electron chi connectivity index (χ4n) is 2.46. The Labute approximate surface area is 140 Å². The molecule has 0 saturated carbocycles. The molecule has 1 atom stereocenters. The zero-order chi connectivity index (χ0) is 16.1. The summed E-state index contributed by atoms with van der Waals surface area (Å²) in [7, 11) is 0. The molecule has 4 nitrogen and oxygen atoms in total. The fraction of sp³-hybridized carbons (Fsp3) is 0.333. The van der Waals surface area contributed by atoms with Crippen LogP contribution in [0.4, 0.5) is 10.8 Å². The van der Waals surface area contributed by atoms with Crippen molar-refractivity contribution >= 4 is 28.1 Å². The molecule has 120 valence electrons. The van der Waals surface area contributed by atoms with Crippen molar-refractivity contribution < 1.29 is 9.53 Å². The van der Waals surface area contributed by atoms with E-state index in [1.54, 1.807) is 0 Å². The number of hydrogen-bond donors (Lipinski definition) is 1. The zero-order valence-corrected chi connectivity index (χ0v) is 13.9. The molecule has 0 aliphatic heterocycles. The van der Waals surface area contributed by atoms with Crippen LogP contribution in [0.5, 0.6) is 0 Å². The molecule has 2 aromatic rings. The molecular weight excluding hydrogens is 308 g/mol. The summed E-state index contributed by atoms with van der Waals surface area (Å²) in [6.45, 7) is 2.30. The first-order valence-corrected chi connectivity index (χ1v) is 8.68. The van der Waals surface area contributed by atoms with Gasteiger partial charge in [0.15, 0.2) is 5.13 Å². The zero-order valence-electron chi connectivity index (χ0n) is 13.1. The van der Waals surface area contributed by atoms with E-state index in [4.69, 9.17) is 4.74 Å². The van der Waals surface area contributed by atoms with Crippen LogP contribution in [-0.4, -0.2) is 11.0 Å². The summed E-state index contributed by atoms with van der Waals surface area (Å²) >= 11 is 1.51. The maximum absolute atomic E-state index is 12.0. The molecule has 5 heteroatoms. The Morgan fingerprint density at radius 1 is 1.35 bits per heavy atom. The molecule has 1 aromatic heterocycles. The number of carbonyl (C=O) groups excluding carboxylic acids is 1. The Morgan fingerprint density at radius 2 is 2.17 bits per heavy atom. The minimum absolute atomic E-state index is 0.00351. The van der Waals surface area contributed by atoms with Crippen molar-refractivity contribution in [3.05, 3.63) is 53.1 Å². The van der Waals surface area contributed by atoms with E-state index in [0.29, 0.717) is 0 Å². The van der Waals surface area contributed by atoms with Gasteiger partial charge in [-0.15, -0.1) is 11.3 Å². The Bertz CT molecular complexity index is 691. The van der Waals surface area contributed by atoms with Gasteiger partial charge in [-0.05, 0) is 38.3 Å². The predicted octanol–water partition coefficient (Wildman–Crippen LogP) is 4.59.